The number of aryl methyl sites for hydroxylation is 1. The van der Waals surface area contributed by atoms with Crippen LogP contribution < -0.4 is 10.2 Å². The largest absolute Gasteiger partial charge is 0.382 e. The van der Waals surface area contributed by atoms with E-state index in [1.807, 2.05) is 17.0 Å². The molecule has 1 saturated heterocycles. The Morgan fingerprint density at radius 2 is 1.88 bits per heavy atom. The third-order valence-corrected chi connectivity index (χ3v) is 5.41. The van der Waals surface area contributed by atoms with Crippen LogP contribution in [0.25, 0.3) is 0 Å². The first-order chi connectivity index (χ1) is 12.6. The molecule has 2 heterocycles. The molecule has 5 heteroatoms. The van der Waals surface area contributed by atoms with Gasteiger partial charge in [0.2, 0.25) is 0 Å². The Hall–Kier alpha value is -2.56. The molecule has 1 aliphatic heterocycles. The molecule has 0 bridgehead atoms. The number of carbonyl (C=O) groups is 1. The number of rotatable bonds is 4. The summed E-state index contributed by atoms with van der Waals surface area (Å²) in [5.74, 6) is 0.0325. The lowest BCUT2D eigenvalue weighted by atomic mass is 10.1. The quantitative estimate of drug-likeness (QED) is 0.920. The van der Waals surface area contributed by atoms with Gasteiger partial charge in [0, 0.05) is 49.8 Å². The van der Waals surface area contributed by atoms with Gasteiger partial charge < -0.3 is 15.1 Å². The number of hydrogen-bond donors (Lipinski definition) is 1. The van der Waals surface area contributed by atoms with Crippen LogP contribution in [0.4, 0.5) is 11.4 Å². The number of amides is 1. The van der Waals surface area contributed by atoms with Gasteiger partial charge in [0.25, 0.3) is 5.91 Å². The van der Waals surface area contributed by atoms with Gasteiger partial charge in [0.15, 0.2) is 0 Å². The van der Waals surface area contributed by atoms with Crippen LogP contribution >= 0.6 is 0 Å². The van der Waals surface area contributed by atoms with Gasteiger partial charge in [0.1, 0.15) is 5.69 Å². The first kappa shape index (κ1) is 16.9. The van der Waals surface area contributed by atoms with Crippen molar-refractivity contribution in [3.8, 4) is 0 Å². The number of carbonyl (C=O) groups excluding carboxylic acids is 1. The minimum absolute atomic E-state index is 0.0325. The molecule has 0 unspecified atom stereocenters. The zero-order chi connectivity index (χ0) is 18.1. The fourth-order valence-corrected chi connectivity index (χ4v) is 3.49. The summed E-state index contributed by atoms with van der Waals surface area (Å²) in [5.41, 5.74) is 5.46. The SMILES string of the molecule is Cc1cccc(N2CCN(C(=O)c3cc(NC4CC4)ccn3)CC2)c1C. The monoisotopic (exact) mass is 350 g/mol. The van der Waals surface area contributed by atoms with Crippen molar-refractivity contribution in [2.24, 2.45) is 0 Å². The Labute approximate surface area is 155 Å². The lowest BCUT2D eigenvalue weighted by Crippen LogP contribution is -2.49. The van der Waals surface area contributed by atoms with Crippen molar-refractivity contribution < 1.29 is 4.79 Å². The van der Waals surface area contributed by atoms with Gasteiger partial charge in [-0.15, -0.1) is 0 Å². The molecule has 0 spiro atoms. The Morgan fingerprint density at radius 3 is 2.62 bits per heavy atom. The second-order valence-electron chi connectivity index (χ2n) is 7.35. The van der Waals surface area contributed by atoms with Gasteiger partial charge in [-0.25, -0.2) is 0 Å². The smallest absolute Gasteiger partial charge is 0.272 e. The van der Waals surface area contributed by atoms with Gasteiger partial charge in [-0.3, -0.25) is 9.78 Å². The van der Waals surface area contributed by atoms with Crippen molar-refractivity contribution >= 4 is 17.3 Å². The summed E-state index contributed by atoms with van der Waals surface area (Å²) in [6, 6.07) is 10.8. The number of benzene rings is 1. The molecule has 1 saturated carbocycles. The molecule has 136 valence electrons. The van der Waals surface area contributed by atoms with Crippen molar-refractivity contribution in [1.82, 2.24) is 9.88 Å². The van der Waals surface area contributed by atoms with Crippen LogP contribution in [-0.2, 0) is 0 Å². The molecule has 2 aromatic rings. The minimum Gasteiger partial charge on any atom is -0.382 e. The molecular weight excluding hydrogens is 324 g/mol. The molecule has 1 aromatic carbocycles. The second-order valence-corrected chi connectivity index (χ2v) is 7.35. The van der Waals surface area contributed by atoms with E-state index in [9.17, 15) is 4.79 Å². The van der Waals surface area contributed by atoms with Crippen LogP contribution in [0.5, 0.6) is 0 Å². The number of pyridine rings is 1. The summed E-state index contributed by atoms with van der Waals surface area (Å²) >= 11 is 0. The predicted octanol–water partition coefficient (Wildman–Crippen LogP) is 3.24. The van der Waals surface area contributed by atoms with E-state index in [1.165, 1.54) is 29.7 Å². The fraction of sp³-hybridized carbons (Fsp3) is 0.429. The standard InChI is InChI=1S/C21H26N4O/c1-15-4-3-5-20(16(15)2)24-10-12-25(13-11-24)21(26)19-14-18(8-9-22-19)23-17-6-7-17/h3-5,8-9,14,17H,6-7,10-13H2,1-2H3,(H,22,23). The van der Waals surface area contributed by atoms with Crippen LogP contribution in [0.1, 0.15) is 34.5 Å². The normalized spacial score (nSPS) is 17.3. The van der Waals surface area contributed by atoms with E-state index in [0.29, 0.717) is 11.7 Å². The molecule has 1 aromatic heterocycles. The average molecular weight is 350 g/mol. The highest BCUT2D eigenvalue weighted by atomic mass is 16.2. The molecule has 4 rings (SSSR count). The molecular formula is C21H26N4O. The molecule has 0 radical (unpaired) electrons. The van der Waals surface area contributed by atoms with Gasteiger partial charge in [-0.1, -0.05) is 12.1 Å². The number of nitrogens with zero attached hydrogens (tertiary/aromatic N) is 3. The van der Waals surface area contributed by atoms with Gasteiger partial charge >= 0.3 is 0 Å². The Morgan fingerprint density at radius 1 is 1.12 bits per heavy atom. The molecule has 2 aliphatic rings. The summed E-state index contributed by atoms with van der Waals surface area (Å²) < 4.78 is 0. The third kappa shape index (κ3) is 3.52. The molecule has 26 heavy (non-hydrogen) atoms. The van der Waals surface area contributed by atoms with Crippen LogP contribution in [0, 0.1) is 13.8 Å². The van der Waals surface area contributed by atoms with E-state index >= 15 is 0 Å². The van der Waals surface area contributed by atoms with E-state index in [2.05, 4.69) is 47.2 Å². The summed E-state index contributed by atoms with van der Waals surface area (Å²) in [7, 11) is 0. The number of nitrogens with one attached hydrogen (secondary N) is 1. The first-order valence-electron chi connectivity index (χ1n) is 9.45. The second kappa shape index (κ2) is 6.98. The summed E-state index contributed by atoms with van der Waals surface area (Å²) in [6.45, 7) is 7.49. The molecule has 2 fully saturated rings. The summed E-state index contributed by atoms with van der Waals surface area (Å²) in [6.07, 6.45) is 4.15. The lowest BCUT2D eigenvalue weighted by molar-refractivity contribution is 0.0741. The van der Waals surface area contributed by atoms with Crippen LogP contribution in [-0.4, -0.2) is 48.0 Å². The average Bonchev–Trinajstić information content (AvgIpc) is 3.48. The fourth-order valence-electron chi connectivity index (χ4n) is 3.49. The predicted molar refractivity (Wildman–Crippen MR) is 105 cm³/mol. The van der Waals surface area contributed by atoms with E-state index < -0.39 is 0 Å². The van der Waals surface area contributed by atoms with Crippen LogP contribution in [0.3, 0.4) is 0 Å². The van der Waals surface area contributed by atoms with Crippen molar-refractivity contribution in [3.05, 3.63) is 53.3 Å². The highest BCUT2D eigenvalue weighted by Crippen LogP contribution is 2.26. The Balaban J connectivity index is 1.41. The van der Waals surface area contributed by atoms with Crippen molar-refractivity contribution in [3.63, 3.8) is 0 Å². The maximum atomic E-state index is 12.8. The summed E-state index contributed by atoms with van der Waals surface area (Å²) in [5, 5.41) is 3.44. The number of hydrogen-bond acceptors (Lipinski definition) is 4. The molecule has 1 N–H and O–H groups in total. The van der Waals surface area contributed by atoms with E-state index in [0.717, 1.165) is 31.9 Å². The third-order valence-electron chi connectivity index (χ3n) is 5.41. The number of piperazine rings is 1. The zero-order valence-electron chi connectivity index (χ0n) is 15.5. The van der Waals surface area contributed by atoms with Crippen molar-refractivity contribution in [1.29, 1.82) is 0 Å². The maximum Gasteiger partial charge on any atom is 0.272 e. The van der Waals surface area contributed by atoms with E-state index in [4.69, 9.17) is 0 Å². The lowest BCUT2D eigenvalue weighted by Gasteiger charge is -2.37. The Bertz CT molecular complexity index is 807. The maximum absolute atomic E-state index is 12.8. The van der Waals surface area contributed by atoms with Crippen LogP contribution in [0.15, 0.2) is 36.5 Å². The highest BCUT2D eigenvalue weighted by Gasteiger charge is 2.25. The van der Waals surface area contributed by atoms with E-state index in [-0.39, 0.29) is 5.91 Å². The first-order valence-corrected chi connectivity index (χ1v) is 9.45. The number of aromatic nitrogens is 1. The van der Waals surface area contributed by atoms with E-state index in [1.54, 1.807) is 6.20 Å². The minimum atomic E-state index is 0.0325. The molecule has 1 aliphatic carbocycles. The topological polar surface area (TPSA) is 48.5 Å². The molecule has 1 amide bonds. The molecule has 5 nitrogen and oxygen atoms in total. The summed E-state index contributed by atoms with van der Waals surface area (Å²) in [4.78, 5) is 21.4. The Kier molecular flexibility index (Phi) is 4.53. The van der Waals surface area contributed by atoms with Gasteiger partial charge in [-0.2, -0.15) is 0 Å². The van der Waals surface area contributed by atoms with Crippen molar-refractivity contribution in [2.75, 3.05) is 36.4 Å². The molecule has 0 atom stereocenters. The van der Waals surface area contributed by atoms with Gasteiger partial charge in [-0.05, 0) is 56.0 Å². The number of anilines is 2. The van der Waals surface area contributed by atoms with Gasteiger partial charge in [0.05, 0.1) is 0 Å². The van der Waals surface area contributed by atoms with Crippen molar-refractivity contribution in [2.45, 2.75) is 32.7 Å². The zero-order valence-corrected chi connectivity index (χ0v) is 15.5. The highest BCUT2D eigenvalue weighted by molar-refractivity contribution is 5.93. The van der Waals surface area contributed by atoms with Crippen LogP contribution in [0.2, 0.25) is 0 Å².